The van der Waals surface area contributed by atoms with E-state index in [1.54, 1.807) is 6.92 Å². The molecule has 1 amide bonds. The van der Waals surface area contributed by atoms with Gasteiger partial charge in [-0.3, -0.25) is 4.79 Å². The molecule has 11 heteroatoms. The van der Waals surface area contributed by atoms with E-state index >= 15 is 0 Å². The van der Waals surface area contributed by atoms with Crippen LogP contribution in [-0.4, -0.2) is 26.1 Å². The number of amides is 1. The Hall–Kier alpha value is -2.56. The number of carbonyl (C=O) groups is 1. The van der Waals surface area contributed by atoms with Crippen LogP contribution >= 0.6 is 11.8 Å². The Kier molecular flexibility index (Phi) is 5.12. The average Bonchev–Trinajstić information content (AvgIpc) is 2.45. The van der Waals surface area contributed by atoms with Crippen LogP contribution in [0.2, 0.25) is 0 Å². The Morgan fingerprint density at radius 2 is 1.67 bits per heavy atom. The Labute approximate surface area is 139 Å². The predicted octanol–water partition coefficient (Wildman–Crippen LogP) is 2.17. The molecule has 0 fully saturated rings. The number of nitrogen functional groups attached to an aromatic ring is 2. The molecule has 1 heterocycles. The summed E-state index contributed by atoms with van der Waals surface area (Å²) in [6.45, 7) is 1.58. The second-order valence-electron chi connectivity index (χ2n) is 4.66. The summed E-state index contributed by atoms with van der Waals surface area (Å²) in [5, 5.41) is 2.05. The molecular formula is C13H13F3N6OS. The number of rotatable bonds is 4. The van der Waals surface area contributed by atoms with Crippen molar-refractivity contribution in [3.63, 3.8) is 0 Å². The van der Waals surface area contributed by atoms with Gasteiger partial charge in [0, 0.05) is 5.69 Å². The molecule has 7 nitrogen and oxygen atoms in total. The lowest BCUT2D eigenvalue weighted by Gasteiger charge is -2.12. The third kappa shape index (κ3) is 4.72. The smallest absolute Gasteiger partial charge is 0.368 e. The number of thioether (sulfide) groups is 1. The van der Waals surface area contributed by atoms with E-state index in [1.165, 1.54) is 12.1 Å². The zero-order valence-corrected chi connectivity index (χ0v) is 13.1. The summed E-state index contributed by atoms with van der Waals surface area (Å²) in [7, 11) is 0. The fourth-order valence-electron chi connectivity index (χ4n) is 1.64. The van der Waals surface area contributed by atoms with Crippen molar-refractivity contribution in [3.05, 3.63) is 29.8 Å². The quantitative estimate of drug-likeness (QED) is 0.716. The highest BCUT2D eigenvalue weighted by molar-refractivity contribution is 8.00. The van der Waals surface area contributed by atoms with Crippen LogP contribution in [0.5, 0.6) is 0 Å². The van der Waals surface area contributed by atoms with Gasteiger partial charge < -0.3 is 16.8 Å². The molecule has 1 unspecified atom stereocenters. The van der Waals surface area contributed by atoms with E-state index < -0.39 is 22.9 Å². The molecule has 0 aliphatic rings. The van der Waals surface area contributed by atoms with E-state index in [1.807, 2.05) is 0 Å². The summed E-state index contributed by atoms with van der Waals surface area (Å²) in [6, 6.07) is 4.13. The van der Waals surface area contributed by atoms with Crippen LogP contribution < -0.4 is 16.8 Å². The van der Waals surface area contributed by atoms with Crippen molar-refractivity contribution in [1.29, 1.82) is 0 Å². The fourth-order valence-corrected chi connectivity index (χ4v) is 2.41. The van der Waals surface area contributed by atoms with Crippen LogP contribution in [0.1, 0.15) is 12.5 Å². The summed E-state index contributed by atoms with van der Waals surface area (Å²) in [5.41, 5.74) is 10.3. The molecule has 0 bridgehead atoms. The molecule has 24 heavy (non-hydrogen) atoms. The largest absolute Gasteiger partial charge is 0.416 e. The van der Waals surface area contributed by atoms with Gasteiger partial charge in [-0.2, -0.15) is 28.1 Å². The Balaban J connectivity index is 2.01. The van der Waals surface area contributed by atoms with Crippen LogP contribution in [0.4, 0.5) is 30.8 Å². The Bertz CT molecular complexity index is 717. The van der Waals surface area contributed by atoms with Gasteiger partial charge >= 0.3 is 6.18 Å². The van der Waals surface area contributed by atoms with E-state index in [0.29, 0.717) is 0 Å². The minimum absolute atomic E-state index is 0.0691. The average molecular weight is 358 g/mol. The van der Waals surface area contributed by atoms with E-state index in [0.717, 1.165) is 23.9 Å². The first-order valence-electron chi connectivity index (χ1n) is 6.57. The van der Waals surface area contributed by atoms with Crippen LogP contribution in [0.15, 0.2) is 29.4 Å². The van der Waals surface area contributed by atoms with Crippen molar-refractivity contribution in [2.75, 3.05) is 16.8 Å². The van der Waals surface area contributed by atoms with Gasteiger partial charge in [0.1, 0.15) is 0 Å². The third-order valence-electron chi connectivity index (χ3n) is 2.78. The second-order valence-corrected chi connectivity index (χ2v) is 5.97. The second kappa shape index (κ2) is 6.91. The van der Waals surface area contributed by atoms with Crippen molar-refractivity contribution in [3.8, 4) is 0 Å². The standard InChI is InChI=1S/C13H13F3N6OS/c1-6(24-12-21-10(17)20-11(18)22-12)9(23)19-8-4-2-7(3-5-8)13(14,15)16/h2-6H,1H3,(H,19,23)(H4,17,18,20,21,22). The monoisotopic (exact) mass is 358 g/mol. The summed E-state index contributed by atoms with van der Waals surface area (Å²) in [4.78, 5) is 23.4. The number of benzene rings is 1. The number of hydrogen-bond acceptors (Lipinski definition) is 7. The zero-order chi connectivity index (χ0) is 17.9. The maximum Gasteiger partial charge on any atom is 0.416 e. The van der Waals surface area contributed by atoms with Crippen molar-refractivity contribution >= 4 is 35.3 Å². The highest BCUT2D eigenvalue weighted by Gasteiger charge is 2.30. The van der Waals surface area contributed by atoms with Crippen molar-refractivity contribution in [1.82, 2.24) is 15.0 Å². The Morgan fingerprint density at radius 1 is 1.12 bits per heavy atom. The molecular weight excluding hydrogens is 345 g/mol. The van der Waals surface area contributed by atoms with Gasteiger partial charge in [-0.05, 0) is 31.2 Å². The van der Waals surface area contributed by atoms with Crippen molar-refractivity contribution in [2.45, 2.75) is 23.5 Å². The highest BCUT2D eigenvalue weighted by Crippen LogP contribution is 2.30. The van der Waals surface area contributed by atoms with E-state index in [-0.39, 0.29) is 22.7 Å². The normalized spacial score (nSPS) is 12.7. The summed E-state index contributed by atoms with van der Waals surface area (Å²) in [6.07, 6.45) is -4.43. The van der Waals surface area contributed by atoms with Crippen molar-refractivity contribution < 1.29 is 18.0 Å². The molecule has 0 spiro atoms. The number of anilines is 3. The van der Waals surface area contributed by atoms with Gasteiger partial charge in [-0.1, -0.05) is 11.8 Å². The van der Waals surface area contributed by atoms with Gasteiger partial charge in [0.25, 0.3) is 0 Å². The maximum absolute atomic E-state index is 12.5. The topological polar surface area (TPSA) is 120 Å². The van der Waals surface area contributed by atoms with E-state index in [2.05, 4.69) is 20.3 Å². The molecule has 0 saturated carbocycles. The molecule has 2 aromatic rings. The van der Waals surface area contributed by atoms with Crippen LogP contribution in [0.3, 0.4) is 0 Å². The lowest BCUT2D eigenvalue weighted by Crippen LogP contribution is -2.23. The minimum Gasteiger partial charge on any atom is -0.368 e. The number of nitrogens with two attached hydrogens (primary N) is 2. The van der Waals surface area contributed by atoms with Gasteiger partial charge in [0.15, 0.2) is 5.16 Å². The first-order valence-corrected chi connectivity index (χ1v) is 7.45. The number of carbonyl (C=O) groups excluding carboxylic acids is 1. The number of alkyl halides is 3. The summed E-state index contributed by atoms with van der Waals surface area (Å²) >= 11 is 0.992. The molecule has 0 aliphatic carbocycles. The van der Waals surface area contributed by atoms with Crippen LogP contribution in [0, 0.1) is 0 Å². The number of halogens is 3. The van der Waals surface area contributed by atoms with Crippen LogP contribution in [-0.2, 0) is 11.0 Å². The first-order chi connectivity index (χ1) is 11.1. The number of nitrogens with one attached hydrogen (secondary N) is 1. The van der Waals surface area contributed by atoms with Crippen LogP contribution in [0.25, 0.3) is 0 Å². The third-order valence-corrected chi connectivity index (χ3v) is 3.74. The molecule has 0 saturated heterocycles. The molecule has 128 valence electrons. The van der Waals surface area contributed by atoms with Crippen molar-refractivity contribution in [2.24, 2.45) is 0 Å². The number of aromatic nitrogens is 3. The molecule has 0 aliphatic heterocycles. The molecule has 2 rings (SSSR count). The van der Waals surface area contributed by atoms with Gasteiger partial charge in [0.2, 0.25) is 17.8 Å². The Morgan fingerprint density at radius 3 is 2.17 bits per heavy atom. The number of nitrogens with zero attached hydrogens (tertiary/aromatic N) is 3. The zero-order valence-electron chi connectivity index (χ0n) is 12.3. The van der Waals surface area contributed by atoms with Gasteiger partial charge in [-0.15, -0.1) is 0 Å². The molecule has 1 aromatic carbocycles. The predicted molar refractivity (Wildman–Crippen MR) is 84.0 cm³/mol. The number of hydrogen-bond donors (Lipinski definition) is 3. The fraction of sp³-hybridized carbons (Fsp3) is 0.231. The maximum atomic E-state index is 12.5. The summed E-state index contributed by atoms with van der Waals surface area (Å²) in [5.74, 6) is -0.571. The van der Waals surface area contributed by atoms with Gasteiger partial charge in [0.05, 0.1) is 10.8 Å². The molecule has 0 radical (unpaired) electrons. The van der Waals surface area contributed by atoms with Gasteiger partial charge in [-0.25, -0.2) is 0 Å². The molecule has 5 N–H and O–H groups in total. The highest BCUT2D eigenvalue weighted by atomic mass is 32.2. The SMILES string of the molecule is CC(Sc1nc(N)nc(N)n1)C(=O)Nc1ccc(C(F)(F)F)cc1. The minimum atomic E-state index is -4.43. The molecule has 1 atom stereocenters. The van der Waals surface area contributed by atoms with E-state index in [4.69, 9.17) is 11.5 Å². The van der Waals surface area contributed by atoms with E-state index in [9.17, 15) is 18.0 Å². The lowest BCUT2D eigenvalue weighted by atomic mass is 10.2. The summed E-state index contributed by atoms with van der Waals surface area (Å²) < 4.78 is 37.5. The molecule has 1 aromatic heterocycles. The first kappa shape index (κ1) is 17.8. The lowest BCUT2D eigenvalue weighted by molar-refractivity contribution is -0.137.